The van der Waals surface area contributed by atoms with E-state index in [1.165, 1.54) is 29.4 Å². The fourth-order valence-corrected chi connectivity index (χ4v) is 21.0. The average Bonchev–Trinajstić information content (AvgIpc) is 0.805. The van der Waals surface area contributed by atoms with Crippen molar-refractivity contribution in [1.29, 1.82) is 0 Å². The number of carbonyl (C=O) groups excluding carboxylic acids is 5. The Morgan fingerprint density at radius 2 is 0.400 bits per heavy atom. The molecule has 0 N–H and O–H groups in total. The minimum absolute atomic E-state index is 0.147. The lowest BCUT2D eigenvalue weighted by atomic mass is 10.1. The highest BCUT2D eigenvalue weighted by molar-refractivity contribution is 7.98. The number of Topliss-reactive ketones (excluding diaryl/α,β-unsaturated/α-hetero) is 1. The predicted octanol–water partition coefficient (Wildman–Crippen LogP) is 28.4. The molecule has 17 nitrogen and oxygen atoms in total. The quantitative estimate of drug-likeness (QED) is 0.0204. The van der Waals surface area contributed by atoms with Crippen molar-refractivity contribution in [3.05, 3.63) is 315 Å². The molecule has 0 aromatic heterocycles. The van der Waals surface area contributed by atoms with E-state index in [0.29, 0.717) is 35.8 Å². The van der Waals surface area contributed by atoms with Crippen molar-refractivity contribution >= 4 is 73.6 Å². The average molecular weight is 1900 g/mol. The second kappa shape index (κ2) is 47.9. The molecular weight excluding hydrogens is 1770 g/mol. The van der Waals surface area contributed by atoms with Crippen LogP contribution < -0.4 is 37.9 Å². The van der Waals surface area contributed by atoms with Gasteiger partial charge in [0.2, 0.25) is 0 Å². The molecule has 0 saturated carbocycles. The Labute approximate surface area is 812 Å². The summed E-state index contributed by atoms with van der Waals surface area (Å²) in [6, 6.07) is 103. The molecular formula is C114H134O17S4+4. The number of rotatable bonds is 27. The van der Waals surface area contributed by atoms with Gasteiger partial charge in [-0.3, -0.25) is 4.79 Å². The number of esters is 2. The van der Waals surface area contributed by atoms with Gasteiger partial charge in [-0.05, 0) is 414 Å². The molecule has 0 aliphatic heterocycles. The summed E-state index contributed by atoms with van der Waals surface area (Å²) in [4.78, 5) is 73.8. The Balaban J connectivity index is 0.000000203. The van der Waals surface area contributed by atoms with Crippen LogP contribution >= 0.6 is 0 Å². The molecule has 0 aliphatic carbocycles. The van der Waals surface area contributed by atoms with Crippen LogP contribution in [0.25, 0.3) is 0 Å². The molecule has 0 atom stereocenters. The summed E-state index contributed by atoms with van der Waals surface area (Å²) in [5.74, 6) is 4.96. The molecule has 12 aromatic carbocycles. The molecule has 0 unspecified atom stereocenters. The van der Waals surface area contributed by atoms with Crippen LogP contribution in [-0.4, -0.2) is 88.1 Å². The fraction of sp³-hybridized carbons (Fsp3) is 0.325. The van der Waals surface area contributed by atoms with E-state index >= 15 is 0 Å². The van der Waals surface area contributed by atoms with Gasteiger partial charge in [0.15, 0.2) is 72.0 Å². The molecule has 0 aliphatic rings. The highest BCUT2D eigenvalue weighted by Crippen LogP contribution is 2.40. The Hall–Kier alpha value is -12.0. The molecule has 0 amide bonds. The van der Waals surface area contributed by atoms with Crippen molar-refractivity contribution < 1.29 is 80.8 Å². The maximum Gasteiger partial charge on any atom is 0.514 e. The van der Waals surface area contributed by atoms with Gasteiger partial charge in [-0.25, -0.2) is 19.2 Å². The van der Waals surface area contributed by atoms with Crippen LogP contribution in [0.3, 0.4) is 0 Å². The zero-order chi connectivity index (χ0) is 98.7. The van der Waals surface area contributed by atoms with E-state index in [9.17, 15) is 24.0 Å². The summed E-state index contributed by atoms with van der Waals surface area (Å²) in [5, 5.41) is 0. The summed E-state index contributed by atoms with van der Waals surface area (Å²) in [6.45, 7) is 48.0. The summed E-state index contributed by atoms with van der Waals surface area (Å²) in [5.41, 5.74) is -2.18. The summed E-state index contributed by atoms with van der Waals surface area (Å²) in [6.07, 6.45) is -0.430. The molecule has 0 heterocycles. The molecule has 0 bridgehead atoms. The van der Waals surface area contributed by atoms with Crippen LogP contribution in [0.4, 0.5) is 9.59 Å². The van der Waals surface area contributed by atoms with E-state index in [2.05, 4.69) is 235 Å². The van der Waals surface area contributed by atoms with Gasteiger partial charge >= 0.3 is 24.2 Å². The van der Waals surface area contributed by atoms with E-state index < -0.39 is 57.5 Å². The minimum Gasteiger partial charge on any atom is -0.488 e. The van der Waals surface area contributed by atoms with Gasteiger partial charge in [0.1, 0.15) is 96.6 Å². The van der Waals surface area contributed by atoms with Crippen molar-refractivity contribution in [2.75, 3.05) is 13.2 Å². The molecule has 0 fully saturated rings. The normalized spacial score (nSPS) is 11.8. The van der Waals surface area contributed by atoms with Crippen LogP contribution in [0.5, 0.6) is 46.0 Å². The lowest BCUT2D eigenvalue weighted by molar-refractivity contribution is -0.158. The van der Waals surface area contributed by atoms with Crippen molar-refractivity contribution in [3.63, 3.8) is 0 Å². The number of benzene rings is 12. The van der Waals surface area contributed by atoms with Gasteiger partial charge in [-0.1, -0.05) is 73.7 Å². The first-order chi connectivity index (χ1) is 63.3. The van der Waals surface area contributed by atoms with Gasteiger partial charge < -0.3 is 56.8 Å². The third-order valence-electron chi connectivity index (χ3n) is 17.8. The van der Waals surface area contributed by atoms with Gasteiger partial charge in [0.25, 0.3) is 0 Å². The van der Waals surface area contributed by atoms with E-state index in [4.69, 9.17) is 56.8 Å². The van der Waals surface area contributed by atoms with E-state index in [1.54, 1.807) is 65.8 Å². The van der Waals surface area contributed by atoms with Gasteiger partial charge in [-0.15, -0.1) is 0 Å². The summed E-state index contributed by atoms with van der Waals surface area (Å²) >= 11 is 0. The van der Waals surface area contributed by atoms with E-state index in [0.717, 1.165) is 57.9 Å². The van der Waals surface area contributed by atoms with Gasteiger partial charge in [0, 0.05) is 12.8 Å². The maximum absolute atomic E-state index is 12.0. The molecule has 0 radical (unpaired) electrons. The first-order valence-corrected chi connectivity index (χ1v) is 50.0. The van der Waals surface area contributed by atoms with Crippen LogP contribution in [0, 0.1) is 0 Å². The standard InChI is InChI=1S/C30H35O6S.C30H37O3S.C28H31O6S.C26H31O2S/c1-29(2,3)35-27(31)20-33-22-12-16-25(17-13-22)37(24-10-8-7-9-11-24)26-18-14-23(15-19-26)34-21-28(32)36-30(4,5)6;1-8-23(31)21-22-9-15-26(16-10-22)34(27-17-11-24(12-18-27)32-29(2,3)4)28-19-13-25(14-20-28)33-30(5,6)7;1-27(2,3)33-25(29)31-20-12-16-23(17-13-20)35(22-10-8-7-9-11-22)24-18-14-21(15-19-24)32-26(30)34-28(4,5)6;1-25(2,3)27-20-12-16-23(17-13-20)29(22-10-8-7-9-11-22)24-18-14-21(15-19-24)28-26(4,5)6/h7-19H,20-21H2,1-6H3;9-20H,8,21H2,1-7H3;7-19H,1-6H3;7-19H,1-6H3/q4*+1. The van der Waals surface area contributed by atoms with E-state index in [1.807, 2.05) is 182 Å². The third-order valence-corrected chi connectivity index (χ3v) is 26.7. The Morgan fingerprint density at radius 1 is 0.215 bits per heavy atom. The molecule has 12 aromatic rings. The van der Waals surface area contributed by atoms with Crippen LogP contribution in [0.2, 0.25) is 0 Å². The van der Waals surface area contributed by atoms with Crippen molar-refractivity contribution in [1.82, 2.24) is 0 Å². The number of carbonyl (C=O) groups is 5. The fourth-order valence-electron chi connectivity index (χ4n) is 12.8. The number of hydrogen-bond acceptors (Lipinski definition) is 17. The summed E-state index contributed by atoms with van der Waals surface area (Å²) in [7, 11) is -1.29. The van der Waals surface area contributed by atoms with Crippen LogP contribution in [0.1, 0.15) is 185 Å². The topological polar surface area (TPSA) is 196 Å². The molecule has 12 rings (SSSR count). The van der Waals surface area contributed by atoms with Gasteiger partial charge in [0.05, 0.1) is 43.6 Å². The molecule has 0 spiro atoms. The Morgan fingerprint density at radius 3 is 0.593 bits per heavy atom. The smallest absolute Gasteiger partial charge is 0.488 e. The minimum atomic E-state index is -0.743. The molecule has 712 valence electrons. The number of ether oxygens (including phenoxy) is 12. The first-order valence-electron chi connectivity index (χ1n) is 45.1. The van der Waals surface area contributed by atoms with Crippen molar-refractivity contribution in [3.8, 4) is 46.0 Å². The van der Waals surface area contributed by atoms with Crippen LogP contribution in [0.15, 0.2) is 368 Å². The lowest BCUT2D eigenvalue weighted by Gasteiger charge is -2.21. The highest BCUT2D eigenvalue weighted by Gasteiger charge is 2.35. The zero-order valence-corrected chi connectivity index (χ0v) is 86.1. The molecule has 135 heavy (non-hydrogen) atoms. The van der Waals surface area contributed by atoms with Crippen molar-refractivity contribution in [2.45, 2.75) is 289 Å². The highest BCUT2D eigenvalue weighted by atomic mass is 32.2. The van der Waals surface area contributed by atoms with E-state index in [-0.39, 0.29) is 74.1 Å². The molecule has 21 heteroatoms. The second-order valence-electron chi connectivity index (χ2n) is 39.4. The lowest BCUT2D eigenvalue weighted by Crippen LogP contribution is -2.27. The maximum atomic E-state index is 12.0. The van der Waals surface area contributed by atoms with Crippen molar-refractivity contribution in [2.24, 2.45) is 0 Å². The Kier molecular flexibility index (Phi) is 37.9. The second-order valence-corrected chi connectivity index (χ2v) is 47.5. The SMILES string of the molecule is CC(C)(C)OC(=O)COc1ccc([S+](c2ccccc2)c2ccc(OCC(=O)OC(C)(C)C)cc2)cc1.CC(C)(C)OC(=O)Oc1ccc([S+](c2ccccc2)c2ccc(OC(=O)OC(C)(C)C)cc2)cc1.CC(C)(C)Oc1ccc([S+](c2ccccc2)c2ccc(OC(C)(C)C)cc2)cc1.CCC(=O)Cc1ccc([S+](c2ccc(OC(C)(C)C)cc2)c2ccc(OC(C)(C)C)cc2)cc1. The summed E-state index contributed by atoms with van der Waals surface area (Å²) < 4.78 is 66.9. The number of ketones is 1. The first kappa shape index (κ1) is 107. The zero-order valence-electron chi connectivity index (χ0n) is 82.8. The predicted molar refractivity (Wildman–Crippen MR) is 543 cm³/mol. The monoisotopic (exact) mass is 1900 g/mol. The Bertz CT molecular complexity index is 5420. The van der Waals surface area contributed by atoms with Crippen LogP contribution in [-0.2, 0) is 83.3 Å². The molecule has 0 saturated heterocycles. The third kappa shape index (κ3) is 38.4. The van der Waals surface area contributed by atoms with Gasteiger partial charge in [-0.2, -0.15) is 0 Å². The number of hydrogen-bond donors (Lipinski definition) is 0. The largest absolute Gasteiger partial charge is 0.514 e.